The average Bonchev–Trinajstić information content (AvgIpc) is 3.54. The summed E-state index contributed by atoms with van der Waals surface area (Å²) < 4.78 is 11.0. The number of amides is 2. The number of fused-ring (bicyclic) bond motifs is 6. The van der Waals surface area contributed by atoms with Gasteiger partial charge in [0, 0.05) is 29.9 Å². The molecule has 8 nitrogen and oxygen atoms in total. The Morgan fingerprint density at radius 2 is 1.07 bits per heavy atom. The first-order chi connectivity index (χ1) is 21.5. The van der Waals surface area contributed by atoms with Crippen LogP contribution in [-0.4, -0.2) is 60.6 Å². The van der Waals surface area contributed by atoms with Gasteiger partial charge in [-0.05, 0) is 44.5 Å². The minimum atomic E-state index is -1.16. The zero-order valence-corrected chi connectivity index (χ0v) is 24.7. The second-order valence-corrected chi connectivity index (χ2v) is 11.8. The molecule has 3 N–H and O–H groups in total. The Bertz CT molecular complexity index is 1600. The molecular formula is C35H32N2O6S. The molecule has 0 saturated carbocycles. The van der Waals surface area contributed by atoms with Crippen molar-refractivity contribution in [3.8, 4) is 22.3 Å². The molecule has 9 heteroatoms. The first-order valence-corrected chi connectivity index (χ1v) is 15.7. The molecule has 0 radical (unpaired) electrons. The quantitative estimate of drug-likeness (QED) is 0.173. The van der Waals surface area contributed by atoms with Gasteiger partial charge in [0.1, 0.15) is 19.3 Å². The van der Waals surface area contributed by atoms with Gasteiger partial charge in [-0.25, -0.2) is 14.4 Å². The third-order valence-corrected chi connectivity index (χ3v) is 9.14. The van der Waals surface area contributed by atoms with Crippen LogP contribution in [0.1, 0.15) is 34.1 Å². The highest BCUT2D eigenvalue weighted by Crippen LogP contribution is 2.45. The van der Waals surface area contributed by atoms with Crippen molar-refractivity contribution in [3.05, 3.63) is 119 Å². The minimum absolute atomic E-state index is 0.0252. The molecule has 224 valence electrons. The Morgan fingerprint density at radius 3 is 1.50 bits per heavy atom. The van der Waals surface area contributed by atoms with Crippen molar-refractivity contribution in [1.29, 1.82) is 0 Å². The van der Waals surface area contributed by atoms with E-state index in [0.717, 1.165) is 44.5 Å². The van der Waals surface area contributed by atoms with Crippen LogP contribution < -0.4 is 10.6 Å². The molecule has 4 aromatic rings. The number of aliphatic carboxylic acids is 1. The number of hydrogen-bond donors (Lipinski definition) is 3. The summed E-state index contributed by atoms with van der Waals surface area (Å²) in [5, 5.41) is 14.8. The van der Waals surface area contributed by atoms with Crippen LogP contribution in [0.15, 0.2) is 97.1 Å². The maximum absolute atomic E-state index is 12.6. The van der Waals surface area contributed by atoms with Gasteiger partial charge >= 0.3 is 18.2 Å². The lowest BCUT2D eigenvalue weighted by Crippen LogP contribution is -2.43. The maximum Gasteiger partial charge on any atom is 0.407 e. The van der Waals surface area contributed by atoms with E-state index < -0.39 is 24.2 Å². The Morgan fingerprint density at radius 1 is 0.659 bits per heavy atom. The molecule has 4 aromatic carbocycles. The average molecular weight is 609 g/mol. The van der Waals surface area contributed by atoms with E-state index in [0.29, 0.717) is 12.3 Å². The number of rotatable bonds is 11. The molecule has 1 atom stereocenters. The van der Waals surface area contributed by atoms with E-state index in [4.69, 9.17) is 9.47 Å². The van der Waals surface area contributed by atoms with E-state index in [1.54, 1.807) is 0 Å². The van der Waals surface area contributed by atoms with E-state index in [1.165, 1.54) is 11.8 Å². The van der Waals surface area contributed by atoms with Gasteiger partial charge in [0.2, 0.25) is 0 Å². The largest absolute Gasteiger partial charge is 0.480 e. The predicted octanol–water partition coefficient (Wildman–Crippen LogP) is 6.25. The Hall–Kier alpha value is -4.76. The zero-order chi connectivity index (χ0) is 30.5. The summed E-state index contributed by atoms with van der Waals surface area (Å²) in [6, 6.07) is 31.2. The lowest BCUT2D eigenvalue weighted by molar-refractivity contribution is -0.138. The molecule has 0 bridgehead atoms. The normalized spacial score (nSPS) is 13.6. The van der Waals surface area contributed by atoms with Crippen LogP contribution in [-0.2, 0) is 14.3 Å². The summed E-state index contributed by atoms with van der Waals surface area (Å²) in [5.41, 5.74) is 8.99. The van der Waals surface area contributed by atoms with Gasteiger partial charge in [-0.15, -0.1) is 0 Å². The molecule has 2 aliphatic carbocycles. The number of carbonyl (C=O) groups is 3. The van der Waals surface area contributed by atoms with Crippen LogP contribution in [0.3, 0.4) is 0 Å². The Kier molecular flexibility index (Phi) is 8.84. The Labute approximate surface area is 259 Å². The second kappa shape index (κ2) is 13.3. The summed E-state index contributed by atoms with van der Waals surface area (Å²) in [4.78, 5) is 36.8. The first kappa shape index (κ1) is 29.3. The molecular weight excluding hydrogens is 576 g/mol. The number of carboxylic acids is 1. The number of carboxylic acid groups (broad SMARTS) is 1. The molecule has 0 heterocycles. The van der Waals surface area contributed by atoms with Crippen molar-refractivity contribution >= 4 is 29.9 Å². The number of ether oxygens (including phenoxy) is 2. The van der Waals surface area contributed by atoms with Crippen LogP contribution in [0.25, 0.3) is 22.3 Å². The number of hydrogen-bond acceptors (Lipinski definition) is 6. The predicted molar refractivity (Wildman–Crippen MR) is 170 cm³/mol. The fraction of sp³-hybridized carbons (Fsp3) is 0.229. The summed E-state index contributed by atoms with van der Waals surface area (Å²) in [7, 11) is 0. The SMILES string of the molecule is O=C(NCCSCC(NC(=O)OCC1c2ccccc2-c2ccccc21)C(=O)O)OCC1c2ccccc2-c2ccccc21. The smallest absolute Gasteiger partial charge is 0.407 e. The van der Waals surface area contributed by atoms with Crippen molar-refractivity contribution in [2.45, 2.75) is 17.9 Å². The summed E-state index contributed by atoms with van der Waals surface area (Å²) in [5.74, 6) is -0.736. The fourth-order valence-electron chi connectivity index (χ4n) is 6.03. The third-order valence-electron chi connectivity index (χ3n) is 8.08. The number of carbonyl (C=O) groups excluding carboxylic acids is 2. The summed E-state index contributed by atoms with van der Waals surface area (Å²) in [6.07, 6.45) is -1.31. The number of benzene rings is 4. The second-order valence-electron chi connectivity index (χ2n) is 10.7. The number of nitrogens with one attached hydrogen (secondary N) is 2. The van der Waals surface area contributed by atoms with Gasteiger partial charge in [0.15, 0.2) is 0 Å². The van der Waals surface area contributed by atoms with Crippen LogP contribution >= 0.6 is 11.8 Å². The van der Waals surface area contributed by atoms with Crippen molar-refractivity contribution in [1.82, 2.24) is 10.6 Å². The standard InChI is InChI=1S/C35H32N2O6S/c38-33(39)32(37-35(41)43-20-31-28-15-7-3-11-24(28)25-12-4-8-16-29(25)31)21-44-18-17-36-34(40)42-19-30-26-13-5-1-9-22(26)23-10-2-6-14-27(23)30/h1-16,30-32H,17-21H2,(H,36,40)(H,37,41)(H,38,39). The lowest BCUT2D eigenvalue weighted by atomic mass is 9.98. The van der Waals surface area contributed by atoms with Crippen molar-refractivity contribution in [3.63, 3.8) is 0 Å². The van der Waals surface area contributed by atoms with Crippen molar-refractivity contribution < 1.29 is 29.0 Å². The van der Waals surface area contributed by atoms with Gasteiger partial charge in [-0.1, -0.05) is 97.1 Å². The van der Waals surface area contributed by atoms with Gasteiger partial charge in [0.05, 0.1) is 0 Å². The fourth-order valence-corrected chi connectivity index (χ4v) is 6.91. The summed E-state index contributed by atoms with van der Waals surface area (Å²) >= 11 is 1.30. The highest BCUT2D eigenvalue weighted by atomic mass is 32.2. The lowest BCUT2D eigenvalue weighted by Gasteiger charge is -2.17. The Balaban J connectivity index is 0.925. The van der Waals surface area contributed by atoms with E-state index >= 15 is 0 Å². The van der Waals surface area contributed by atoms with Crippen LogP contribution in [0.4, 0.5) is 9.59 Å². The van der Waals surface area contributed by atoms with E-state index in [1.807, 2.05) is 72.8 Å². The zero-order valence-electron chi connectivity index (χ0n) is 23.9. The van der Waals surface area contributed by atoms with Gasteiger partial charge in [0.25, 0.3) is 0 Å². The van der Waals surface area contributed by atoms with E-state index in [-0.39, 0.29) is 30.8 Å². The van der Waals surface area contributed by atoms with Crippen LogP contribution in [0.2, 0.25) is 0 Å². The van der Waals surface area contributed by atoms with Crippen LogP contribution in [0, 0.1) is 0 Å². The highest BCUT2D eigenvalue weighted by molar-refractivity contribution is 7.99. The van der Waals surface area contributed by atoms with Gasteiger partial charge < -0.3 is 25.2 Å². The van der Waals surface area contributed by atoms with Crippen molar-refractivity contribution in [2.24, 2.45) is 0 Å². The molecule has 2 amide bonds. The maximum atomic E-state index is 12.6. The molecule has 0 saturated heterocycles. The molecule has 0 aliphatic heterocycles. The number of thioether (sulfide) groups is 1. The van der Waals surface area contributed by atoms with Gasteiger partial charge in [-0.3, -0.25) is 0 Å². The molecule has 0 aromatic heterocycles. The first-order valence-electron chi connectivity index (χ1n) is 14.5. The molecule has 2 aliphatic rings. The van der Waals surface area contributed by atoms with Crippen molar-refractivity contribution in [2.75, 3.05) is 31.3 Å². The molecule has 44 heavy (non-hydrogen) atoms. The van der Waals surface area contributed by atoms with Crippen LogP contribution in [0.5, 0.6) is 0 Å². The van der Waals surface area contributed by atoms with Gasteiger partial charge in [-0.2, -0.15) is 11.8 Å². The summed E-state index contributed by atoms with van der Waals surface area (Å²) in [6.45, 7) is 0.611. The number of alkyl carbamates (subject to hydrolysis) is 2. The highest BCUT2D eigenvalue weighted by Gasteiger charge is 2.30. The molecule has 1 unspecified atom stereocenters. The molecule has 0 fully saturated rings. The topological polar surface area (TPSA) is 114 Å². The van der Waals surface area contributed by atoms with E-state index in [2.05, 4.69) is 34.9 Å². The third kappa shape index (κ3) is 6.14. The monoisotopic (exact) mass is 608 g/mol. The molecule has 0 spiro atoms. The molecule has 6 rings (SSSR count). The minimum Gasteiger partial charge on any atom is -0.480 e. The van der Waals surface area contributed by atoms with E-state index in [9.17, 15) is 19.5 Å².